The molecule has 0 saturated carbocycles. The highest BCUT2D eigenvalue weighted by atomic mass is 16.7. The fourth-order valence-electron chi connectivity index (χ4n) is 2.41. The first-order chi connectivity index (χ1) is 9.34. The van der Waals surface area contributed by atoms with Crippen LogP contribution in [0.4, 0.5) is 0 Å². The maximum atomic E-state index is 6.08. The molecule has 20 heavy (non-hydrogen) atoms. The van der Waals surface area contributed by atoms with Crippen LogP contribution >= 0.6 is 0 Å². The molecule has 0 atom stereocenters. The summed E-state index contributed by atoms with van der Waals surface area (Å²) in [6.45, 7) is 8.24. The van der Waals surface area contributed by atoms with Crippen LogP contribution in [0.1, 0.15) is 27.7 Å². The van der Waals surface area contributed by atoms with E-state index < -0.39 is 0 Å². The molecule has 1 saturated heterocycles. The van der Waals surface area contributed by atoms with Crippen molar-refractivity contribution < 1.29 is 14.1 Å². The first-order valence-electron chi connectivity index (χ1n) is 6.85. The van der Waals surface area contributed by atoms with E-state index in [1.54, 1.807) is 11.8 Å². The molecule has 1 fully saturated rings. The van der Waals surface area contributed by atoms with E-state index in [2.05, 4.69) is 39.8 Å². The van der Waals surface area contributed by atoms with Gasteiger partial charge in [-0.1, -0.05) is 12.1 Å². The predicted molar refractivity (Wildman–Crippen MR) is 80.2 cm³/mol. The zero-order valence-electron chi connectivity index (χ0n) is 12.6. The lowest BCUT2D eigenvalue weighted by atomic mass is 9.79. The maximum Gasteiger partial charge on any atom is 0.494 e. The van der Waals surface area contributed by atoms with Gasteiger partial charge in [0.1, 0.15) is 7.11 Å². The second kappa shape index (κ2) is 4.27. The highest BCUT2D eigenvalue weighted by molar-refractivity contribution is 6.62. The number of aromatic nitrogens is 1. The molecule has 3 rings (SSSR count). The summed E-state index contributed by atoms with van der Waals surface area (Å²) in [5.74, 6) is 0. The zero-order chi connectivity index (χ0) is 14.5. The molecular formula is C15H20BNO3. The van der Waals surface area contributed by atoms with E-state index >= 15 is 0 Å². The number of rotatable bonds is 2. The lowest BCUT2D eigenvalue weighted by Gasteiger charge is -2.32. The third-order valence-electron chi connectivity index (χ3n) is 4.40. The molecule has 5 heteroatoms. The summed E-state index contributed by atoms with van der Waals surface area (Å²) in [7, 11) is 1.31. The van der Waals surface area contributed by atoms with Gasteiger partial charge in [0, 0.05) is 11.6 Å². The lowest BCUT2D eigenvalue weighted by Crippen LogP contribution is -2.41. The summed E-state index contributed by atoms with van der Waals surface area (Å²) in [4.78, 5) is 5.30. The van der Waals surface area contributed by atoms with Gasteiger partial charge < -0.3 is 14.1 Å². The average Bonchev–Trinajstić information content (AvgIpc) is 2.87. The van der Waals surface area contributed by atoms with Crippen molar-refractivity contribution in [2.45, 2.75) is 38.9 Å². The summed E-state index contributed by atoms with van der Waals surface area (Å²) in [6, 6.07) is 8.18. The molecule has 0 amide bonds. The lowest BCUT2D eigenvalue weighted by molar-refractivity contribution is 0.00578. The molecule has 0 radical (unpaired) electrons. The van der Waals surface area contributed by atoms with Crippen LogP contribution in [-0.4, -0.2) is 30.2 Å². The van der Waals surface area contributed by atoms with Gasteiger partial charge in [-0.3, -0.25) is 0 Å². The highest BCUT2D eigenvalue weighted by Crippen LogP contribution is 2.36. The summed E-state index contributed by atoms with van der Waals surface area (Å²) in [6.07, 6.45) is 1.90. The largest absolute Gasteiger partial charge is 0.494 e. The Labute approximate surface area is 119 Å². The minimum atomic E-state index is -0.343. The van der Waals surface area contributed by atoms with E-state index in [0.29, 0.717) is 0 Å². The number of fused-ring (bicyclic) bond motifs is 1. The highest BCUT2D eigenvalue weighted by Gasteiger charge is 2.51. The number of hydrogen-bond acceptors (Lipinski definition) is 3. The van der Waals surface area contributed by atoms with Crippen LogP contribution in [0.2, 0.25) is 0 Å². The van der Waals surface area contributed by atoms with Gasteiger partial charge in [-0.25, -0.2) is 0 Å². The average molecular weight is 273 g/mol. The molecular weight excluding hydrogens is 253 g/mol. The fourth-order valence-corrected chi connectivity index (χ4v) is 2.41. The number of benzene rings is 1. The Morgan fingerprint density at radius 1 is 1.05 bits per heavy atom. The van der Waals surface area contributed by atoms with Crippen LogP contribution in [0.15, 0.2) is 30.5 Å². The van der Waals surface area contributed by atoms with E-state index in [9.17, 15) is 0 Å². The first-order valence-corrected chi connectivity index (χ1v) is 6.85. The number of hydrogen-bond donors (Lipinski definition) is 0. The summed E-state index contributed by atoms with van der Waals surface area (Å²) in [5.41, 5.74) is 1.37. The van der Waals surface area contributed by atoms with Gasteiger partial charge in [0.05, 0.1) is 16.7 Å². The van der Waals surface area contributed by atoms with Crippen LogP contribution < -0.4 is 10.3 Å². The van der Waals surface area contributed by atoms with Crippen LogP contribution in [0.3, 0.4) is 0 Å². The summed E-state index contributed by atoms with van der Waals surface area (Å²) in [5, 5.41) is 1.13. The quantitative estimate of drug-likeness (QED) is 0.784. The molecule has 1 aromatic heterocycles. The molecule has 2 aromatic rings. The van der Waals surface area contributed by atoms with Crippen molar-refractivity contribution >= 4 is 23.5 Å². The topological polar surface area (TPSA) is 32.6 Å². The van der Waals surface area contributed by atoms with Crippen molar-refractivity contribution in [2.24, 2.45) is 0 Å². The molecule has 1 aliphatic heterocycles. The first kappa shape index (κ1) is 13.5. The van der Waals surface area contributed by atoms with Crippen molar-refractivity contribution in [1.29, 1.82) is 0 Å². The predicted octanol–water partition coefficient (Wildman–Crippen LogP) is 2.00. The van der Waals surface area contributed by atoms with Gasteiger partial charge in [0.15, 0.2) is 0 Å². The van der Waals surface area contributed by atoms with E-state index in [-0.39, 0.29) is 18.3 Å². The molecule has 0 bridgehead atoms. The van der Waals surface area contributed by atoms with Gasteiger partial charge in [0.25, 0.3) is 0 Å². The van der Waals surface area contributed by atoms with Crippen molar-refractivity contribution in [1.82, 2.24) is 4.73 Å². The normalized spacial score (nSPS) is 20.6. The van der Waals surface area contributed by atoms with Gasteiger partial charge in [0.2, 0.25) is 0 Å². The van der Waals surface area contributed by atoms with E-state index in [1.165, 1.54) is 0 Å². The molecule has 0 N–H and O–H groups in total. The van der Waals surface area contributed by atoms with Crippen molar-refractivity contribution in [3.63, 3.8) is 0 Å². The van der Waals surface area contributed by atoms with Gasteiger partial charge >= 0.3 is 7.12 Å². The molecule has 4 nitrogen and oxygen atoms in total. The molecule has 0 spiro atoms. The Morgan fingerprint density at radius 3 is 2.30 bits per heavy atom. The van der Waals surface area contributed by atoms with Crippen LogP contribution in [-0.2, 0) is 9.31 Å². The van der Waals surface area contributed by atoms with Crippen molar-refractivity contribution in [2.75, 3.05) is 7.11 Å². The maximum absolute atomic E-state index is 6.08. The van der Waals surface area contributed by atoms with Crippen LogP contribution in [0, 0.1) is 0 Å². The molecule has 2 heterocycles. The van der Waals surface area contributed by atoms with Crippen molar-refractivity contribution in [3.8, 4) is 0 Å². The number of nitrogens with zero attached hydrogens (tertiary/aromatic N) is 1. The Balaban J connectivity index is 1.99. The van der Waals surface area contributed by atoms with Crippen LogP contribution in [0.25, 0.3) is 10.9 Å². The van der Waals surface area contributed by atoms with Gasteiger partial charge in [-0.2, -0.15) is 4.73 Å². The summed E-state index contributed by atoms with van der Waals surface area (Å²) < 4.78 is 13.9. The van der Waals surface area contributed by atoms with Crippen LogP contribution in [0.5, 0.6) is 0 Å². The molecule has 106 valence electrons. The molecule has 0 unspecified atom stereocenters. The Morgan fingerprint density at radius 2 is 1.70 bits per heavy atom. The smallest absolute Gasteiger partial charge is 0.417 e. The summed E-state index contributed by atoms with van der Waals surface area (Å²) >= 11 is 0. The molecule has 1 aliphatic rings. The second-order valence-electron chi connectivity index (χ2n) is 6.23. The fraction of sp³-hybridized carbons (Fsp3) is 0.467. The second-order valence-corrected chi connectivity index (χ2v) is 6.23. The van der Waals surface area contributed by atoms with E-state index in [4.69, 9.17) is 14.1 Å². The van der Waals surface area contributed by atoms with Gasteiger partial charge in [-0.15, -0.1) is 0 Å². The van der Waals surface area contributed by atoms with Crippen molar-refractivity contribution in [3.05, 3.63) is 30.5 Å². The minimum absolute atomic E-state index is 0.324. The Kier molecular flexibility index (Phi) is 2.89. The van der Waals surface area contributed by atoms with Gasteiger partial charge in [-0.05, 0) is 45.3 Å². The molecule has 0 aliphatic carbocycles. The standard InChI is InChI=1S/C15H20BNO3/c1-14(2)15(3,4)20-16(19-14)12-7-6-11-8-9-17(18-5)13(11)10-12/h6-10H,1-5H3. The van der Waals surface area contributed by atoms with E-state index in [0.717, 1.165) is 16.4 Å². The zero-order valence-corrected chi connectivity index (χ0v) is 12.6. The minimum Gasteiger partial charge on any atom is -0.417 e. The third-order valence-corrected chi connectivity index (χ3v) is 4.40. The van der Waals surface area contributed by atoms with E-state index in [1.807, 2.05) is 18.3 Å². The molecule has 1 aromatic carbocycles. The SMILES string of the molecule is COn1ccc2ccc(B3OC(C)(C)C(C)(C)O3)cc21. The Hall–Kier alpha value is -1.46. The Bertz CT molecular complexity index is 632. The third kappa shape index (κ3) is 1.93. The monoisotopic (exact) mass is 273 g/mol.